The van der Waals surface area contributed by atoms with E-state index in [1.807, 2.05) is 0 Å². The zero-order valence-corrected chi connectivity index (χ0v) is 7.68. The molecule has 0 amide bonds. The van der Waals surface area contributed by atoms with Crippen LogP contribution in [0, 0.1) is 6.92 Å². The van der Waals surface area contributed by atoms with Crippen molar-refractivity contribution in [2.45, 2.75) is 26.9 Å². The van der Waals surface area contributed by atoms with E-state index in [1.54, 1.807) is 0 Å². The van der Waals surface area contributed by atoms with E-state index in [9.17, 15) is 0 Å². The highest BCUT2D eigenvalue weighted by atomic mass is 16.4. The summed E-state index contributed by atoms with van der Waals surface area (Å²) in [6.07, 6.45) is 1.12. The Hall–Kier alpha value is -0.755. The second kappa shape index (κ2) is 2.94. The van der Waals surface area contributed by atoms with Gasteiger partial charge in [-0.3, -0.25) is 0 Å². The van der Waals surface area contributed by atoms with Crippen LogP contribution in [0.25, 0.3) is 0 Å². The minimum atomic E-state index is 0.810. The van der Waals surface area contributed by atoms with Gasteiger partial charge in [0.2, 0.25) is 0 Å². The van der Waals surface area contributed by atoms with Gasteiger partial charge in [-0.05, 0) is 24.4 Å². The Balaban J connectivity index is 2.55. The molecule has 1 aromatic rings. The first-order chi connectivity index (χ1) is 5.81. The fourth-order valence-electron chi connectivity index (χ4n) is 1.86. The second-order valence-electron chi connectivity index (χ2n) is 3.41. The van der Waals surface area contributed by atoms with Gasteiger partial charge in [-0.25, -0.2) is 0 Å². The van der Waals surface area contributed by atoms with Gasteiger partial charge < -0.3 is 4.65 Å². The van der Waals surface area contributed by atoms with Gasteiger partial charge in [0, 0.05) is 0 Å². The molecule has 1 aliphatic rings. The van der Waals surface area contributed by atoms with Gasteiger partial charge in [-0.15, -0.1) is 0 Å². The fourth-order valence-corrected chi connectivity index (χ4v) is 1.86. The second-order valence-corrected chi connectivity index (χ2v) is 3.41. The van der Waals surface area contributed by atoms with Crippen molar-refractivity contribution in [1.29, 1.82) is 0 Å². The van der Waals surface area contributed by atoms with Crippen LogP contribution >= 0.6 is 0 Å². The van der Waals surface area contributed by atoms with E-state index >= 15 is 0 Å². The lowest BCUT2D eigenvalue weighted by Gasteiger charge is -2.05. The Morgan fingerprint density at radius 2 is 2.33 bits per heavy atom. The first-order valence-electron chi connectivity index (χ1n) is 4.50. The quantitative estimate of drug-likeness (QED) is 0.558. The summed E-state index contributed by atoms with van der Waals surface area (Å²) in [5, 5.41) is 0. The fraction of sp³-hybridized carbons (Fsp3) is 0.400. The SMILES string of the molecule is CCc1cc(C)cc2c1BOC2. The smallest absolute Gasteiger partial charge is 0.309 e. The summed E-state index contributed by atoms with van der Waals surface area (Å²) in [5.41, 5.74) is 5.65. The van der Waals surface area contributed by atoms with Crippen LogP contribution in [0.1, 0.15) is 23.6 Å². The van der Waals surface area contributed by atoms with Gasteiger partial charge in [0.1, 0.15) is 0 Å². The normalized spacial score (nSPS) is 14.2. The van der Waals surface area contributed by atoms with Gasteiger partial charge in [0.05, 0.1) is 6.61 Å². The summed E-state index contributed by atoms with van der Waals surface area (Å²) >= 11 is 0. The third kappa shape index (κ3) is 1.16. The average Bonchev–Trinajstić information content (AvgIpc) is 2.50. The molecule has 0 bridgehead atoms. The Kier molecular flexibility index (Phi) is 1.93. The maximum absolute atomic E-state index is 5.41. The molecule has 2 rings (SSSR count). The van der Waals surface area contributed by atoms with E-state index in [-0.39, 0.29) is 0 Å². The molecule has 0 saturated carbocycles. The molecule has 1 aromatic carbocycles. The van der Waals surface area contributed by atoms with Crippen molar-refractivity contribution in [1.82, 2.24) is 0 Å². The standard InChI is InChI=1S/C10H13BO/c1-3-8-4-7(2)5-9-6-12-11-10(8)9/h4-5,11H,3,6H2,1-2H3. The molecular weight excluding hydrogens is 147 g/mol. The van der Waals surface area contributed by atoms with Crippen molar-refractivity contribution >= 4 is 12.9 Å². The summed E-state index contributed by atoms with van der Waals surface area (Å²) in [4.78, 5) is 0. The largest absolute Gasteiger partial charge is 0.430 e. The molecular formula is C10H13BO. The molecule has 0 spiro atoms. The summed E-state index contributed by atoms with van der Waals surface area (Å²) in [6.45, 7) is 5.16. The number of hydrogen-bond donors (Lipinski definition) is 0. The summed E-state index contributed by atoms with van der Waals surface area (Å²) < 4.78 is 5.41. The van der Waals surface area contributed by atoms with Crippen LogP contribution < -0.4 is 5.46 Å². The van der Waals surface area contributed by atoms with Crippen molar-refractivity contribution < 1.29 is 4.65 Å². The zero-order chi connectivity index (χ0) is 8.55. The van der Waals surface area contributed by atoms with E-state index in [4.69, 9.17) is 4.65 Å². The van der Waals surface area contributed by atoms with E-state index in [1.165, 1.54) is 22.2 Å². The van der Waals surface area contributed by atoms with Gasteiger partial charge in [0.15, 0.2) is 0 Å². The molecule has 0 saturated heterocycles. The molecule has 1 nitrogen and oxygen atoms in total. The summed E-state index contributed by atoms with van der Waals surface area (Å²) in [6, 6.07) is 4.51. The zero-order valence-electron chi connectivity index (χ0n) is 7.68. The highest BCUT2D eigenvalue weighted by Gasteiger charge is 2.16. The minimum absolute atomic E-state index is 0.810. The summed E-state index contributed by atoms with van der Waals surface area (Å²) in [5.74, 6) is 0. The van der Waals surface area contributed by atoms with Crippen LogP contribution in [0.3, 0.4) is 0 Å². The van der Waals surface area contributed by atoms with Crippen LogP contribution in [-0.4, -0.2) is 7.48 Å². The highest BCUT2D eigenvalue weighted by Crippen LogP contribution is 2.12. The topological polar surface area (TPSA) is 9.23 Å². The monoisotopic (exact) mass is 160 g/mol. The van der Waals surface area contributed by atoms with Crippen LogP contribution in [0.5, 0.6) is 0 Å². The molecule has 2 heteroatoms. The van der Waals surface area contributed by atoms with E-state index in [0.29, 0.717) is 0 Å². The van der Waals surface area contributed by atoms with Crippen molar-refractivity contribution in [3.63, 3.8) is 0 Å². The number of aryl methyl sites for hydroxylation is 2. The van der Waals surface area contributed by atoms with Gasteiger partial charge in [0.25, 0.3) is 0 Å². The third-order valence-corrected chi connectivity index (χ3v) is 2.46. The molecule has 1 heterocycles. The van der Waals surface area contributed by atoms with Gasteiger partial charge >= 0.3 is 7.48 Å². The molecule has 0 aliphatic carbocycles. The molecule has 0 radical (unpaired) electrons. The van der Waals surface area contributed by atoms with Crippen LogP contribution in [0.4, 0.5) is 0 Å². The molecule has 1 aliphatic heterocycles. The van der Waals surface area contributed by atoms with Gasteiger partial charge in [-0.2, -0.15) is 0 Å². The number of hydrogen-bond acceptors (Lipinski definition) is 1. The first-order valence-corrected chi connectivity index (χ1v) is 4.50. The van der Waals surface area contributed by atoms with Crippen molar-refractivity contribution in [3.8, 4) is 0 Å². The minimum Gasteiger partial charge on any atom is -0.430 e. The first kappa shape index (κ1) is 7.87. The Morgan fingerprint density at radius 1 is 1.50 bits per heavy atom. The number of fused-ring (bicyclic) bond motifs is 1. The maximum Gasteiger partial charge on any atom is 0.309 e. The van der Waals surface area contributed by atoms with Crippen LogP contribution in [0.15, 0.2) is 12.1 Å². The van der Waals surface area contributed by atoms with E-state index in [0.717, 1.165) is 20.5 Å². The Labute approximate surface area is 74.0 Å². The van der Waals surface area contributed by atoms with Gasteiger partial charge in [-0.1, -0.05) is 30.2 Å². The van der Waals surface area contributed by atoms with E-state index in [2.05, 4.69) is 26.0 Å². The lowest BCUT2D eigenvalue weighted by Crippen LogP contribution is -2.17. The maximum atomic E-state index is 5.41. The predicted octanol–water partition coefficient (Wildman–Crippen LogP) is 1.06. The number of rotatable bonds is 1. The van der Waals surface area contributed by atoms with Crippen LogP contribution in [0.2, 0.25) is 0 Å². The molecule has 0 unspecified atom stereocenters. The molecule has 12 heavy (non-hydrogen) atoms. The molecule has 62 valence electrons. The number of benzene rings is 1. The molecule has 0 fully saturated rings. The van der Waals surface area contributed by atoms with Crippen molar-refractivity contribution in [2.75, 3.05) is 0 Å². The lowest BCUT2D eigenvalue weighted by molar-refractivity contribution is 0.345. The predicted molar refractivity (Wildman–Crippen MR) is 52.1 cm³/mol. The molecule has 0 N–H and O–H groups in total. The van der Waals surface area contributed by atoms with Crippen molar-refractivity contribution in [3.05, 3.63) is 28.8 Å². The summed E-state index contributed by atoms with van der Waals surface area (Å²) in [7, 11) is 0.818. The Morgan fingerprint density at radius 3 is 3.08 bits per heavy atom. The highest BCUT2D eigenvalue weighted by molar-refractivity contribution is 6.49. The average molecular weight is 160 g/mol. The lowest BCUT2D eigenvalue weighted by atomic mass is 9.81. The van der Waals surface area contributed by atoms with E-state index < -0.39 is 0 Å². The van der Waals surface area contributed by atoms with Crippen LogP contribution in [-0.2, 0) is 17.7 Å². The molecule has 0 atom stereocenters. The van der Waals surface area contributed by atoms with Crippen molar-refractivity contribution in [2.24, 2.45) is 0 Å². The Bertz CT molecular complexity index is 307. The third-order valence-electron chi connectivity index (χ3n) is 2.46. The molecule has 0 aromatic heterocycles.